The quantitative estimate of drug-likeness (QED) is 0.107. The Kier molecular flexibility index (Phi) is 15.1. The minimum absolute atomic E-state index is 0.0764. The molecule has 0 heterocycles. The number of hydrogen-bond donors (Lipinski definition) is 0. The fourth-order valence-corrected chi connectivity index (χ4v) is 17.4. The first-order valence-corrected chi connectivity index (χ1v) is 35.5. The number of para-hydroxylation sites is 2. The summed E-state index contributed by atoms with van der Waals surface area (Å²) in [6.07, 6.45) is 3.87. The van der Waals surface area contributed by atoms with Gasteiger partial charge in [0.1, 0.15) is 0 Å². The molecule has 0 bridgehead atoms. The molecule has 2 atom stereocenters. The lowest BCUT2D eigenvalue weighted by atomic mass is 9.66. The summed E-state index contributed by atoms with van der Waals surface area (Å²) in [7, 11) is 0. The molecule has 0 aliphatic heterocycles. The molecule has 2 heteroatoms. The second-order valence-electron chi connectivity index (χ2n) is 29.6. The number of rotatable bonds is 14. The van der Waals surface area contributed by atoms with E-state index in [0.717, 1.165) is 45.3 Å². The van der Waals surface area contributed by atoms with Crippen LogP contribution in [0.25, 0.3) is 45.5 Å². The van der Waals surface area contributed by atoms with Gasteiger partial charge in [0.2, 0.25) is 0 Å². The molecule has 2 unspecified atom stereocenters. The average Bonchev–Trinajstić information content (AvgIpc) is 1.56. The van der Waals surface area contributed by atoms with E-state index in [4.69, 9.17) is 0 Å². The lowest BCUT2D eigenvalue weighted by Crippen LogP contribution is -2.30. The minimum atomic E-state index is -0.826. The topological polar surface area (TPSA) is 6.48 Å². The van der Waals surface area contributed by atoms with Gasteiger partial charge in [0, 0.05) is 34.1 Å². The zero-order chi connectivity index (χ0) is 68.8. The highest BCUT2D eigenvalue weighted by Crippen LogP contribution is 2.62. The molecule has 17 rings (SSSR count). The molecule has 486 valence electrons. The Morgan fingerprint density at radius 3 is 0.752 bits per heavy atom. The van der Waals surface area contributed by atoms with Crippen LogP contribution in [0.3, 0.4) is 0 Å². The van der Waals surface area contributed by atoms with Crippen LogP contribution in [0.15, 0.2) is 353 Å². The zero-order valence-electron chi connectivity index (χ0n) is 58.3. The van der Waals surface area contributed by atoms with E-state index in [-0.39, 0.29) is 10.8 Å². The Bertz CT molecular complexity index is 5140. The third-order valence-electron chi connectivity index (χ3n) is 22.2. The molecule has 101 heavy (non-hydrogen) atoms. The van der Waals surface area contributed by atoms with Crippen LogP contribution in [0.2, 0.25) is 0 Å². The first-order valence-electron chi connectivity index (χ1n) is 35.5. The van der Waals surface area contributed by atoms with Crippen LogP contribution in [0.1, 0.15) is 131 Å². The summed E-state index contributed by atoms with van der Waals surface area (Å²) in [5.74, 6) is 0. The second-order valence-corrected chi connectivity index (χ2v) is 29.6. The van der Waals surface area contributed by atoms with Crippen molar-refractivity contribution in [3.8, 4) is 33.4 Å². The highest BCUT2D eigenvalue weighted by atomic mass is 15.1. The summed E-state index contributed by atoms with van der Waals surface area (Å²) in [6, 6.07) is 129. The minimum Gasteiger partial charge on any atom is -0.310 e. The summed E-state index contributed by atoms with van der Waals surface area (Å²) in [5, 5.41) is 0. The molecule has 3 aliphatic rings. The van der Waals surface area contributed by atoms with E-state index < -0.39 is 16.2 Å². The molecule has 0 radical (unpaired) electrons. The van der Waals surface area contributed by atoms with Crippen molar-refractivity contribution in [1.82, 2.24) is 0 Å². The molecular formula is C99H80N2. The summed E-state index contributed by atoms with van der Waals surface area (Å²) >= 11 is 0. The van der Waals surface area contributed by atoms with Crippen LogP contribution in [0.5, 0.6) is 0 Å². The van der Waals surface area contributed by atoms with Crippen molar-refractivity contribution < 1.29 is 0 Å². The predicted octanol–water partition coefficient (Wildman–Crippen LogP) is 25.6. The standard InChI is InChI=1S/C99H80N2/c1-9-67-39-43-73(44-40-67)97(71-27-15-11-16-28-71)89-37-25-23-35-83(89)85-59-55-79(63-91(85)97)100(77-31-19-13-20-32-77)81-57-61-87-88-62-58-82(66-94(88)99(93(87)65-81,75-51-47-69(48-52-75)95(3,4)5)76-53-49-70(50-54-76)96(6,7)8)101(78-33-21-14-22-34-78)80-56-60-86-84-36-24-26-38-90(84)98(92(86)64-80,72-29-17-12-18-30-72)74-45-41-68(10-2)42-46-74/h9-66H,1-2H2,3-8H3. The zero-order valence-corrected chi connectivity index (χ0v) is 58.3. The third-order valence-corrected chi connectivity index (χ3v) is 22.2. The van der Waals surface area contributed by atoms with Gasteiger partial charge in [-0.25, -0.2) is 0 Å². The number of fused-ring (bicyclic) bond motifs is 9. The molecule has 14 aromatic carbocycles. The first-order chi connectivity index (χ1) is 49.2. The molecule has 0 spiro atoms. The summed E-state index contributed by atoms with van der Waals surface area (Å²) in [6.45, 7) is 22.2. The van der Waals surface area contributed by atoms with Gasteiger partial charge >= 0.3 is 0 Å². The van der Waals surface area contributed by atoms with E-state index in [1.54, 1.807) is 0 Å². The number of nitrogens with zero attached hydrogens (tertiary/aromatic N) is 2. The van der Waals surface area contributed by atoms with Crippen molar-refractivity contribution in [2.24, 2.45) is 0 Å². The molecule has 0 N–H and O–H groups in total. The van der Waals surface area contributed by atoms with Crippen LogP contribution >= 0.6 is 0 Å². The van der Waals surface area contributed by atoms with E-state index in [1.165, 1.54) is 111 Å². The van der Waals surface area contributed by atoms with Gasteiger partial charge < -0.3 is 9.80 Å². The van der Waals surface area contributed by atoms with Gasteiger partial charge in [-0.15, -0.1) is 0 Å². The largest absolute Gasteiger partial charge is 0.310 e. The SMILES string of the molecule is C=Cc1ccc(C2(c3ccccc3)c3ccccc3-c3ccc(N(c4ccccc4)c4ccc5c(c4)C(c4ccc(C(C)(C)C)cc4)(c4ccc(C(C)(C)C)cc4)c4cc(N(c6ccccc6)c6ccc7c(c6)C(c6ccccc6)(c6ccc(C=C)cc6)c6ccccc6-7)ccc4-5)cc32)cc1. The fraction of sp³-hybridized carbons (Fsp3) is 0.111. The van der Waals surface area contributed by atoms with Crippen LogP contribution in [0, 0.1) is 0 Å². The Balaban J connectivity index is 0.911. The summed E-state index contributed by atoms with van der Waals surface area (Å²) < 4.78 is 0. The van der Waals surface area contributed by atoms with E-state index in [2.05, 4.69) is 404 Å². The average molecular weight is 1300 g/mol. The maximum absolute atomic E-state index is 4.16. The van der Waals surface area contributed by atoms with Gasteiger partial charge in [0.15, 0.2) is 0 Å². The molecule has 14 aromatic rings. The maximum Gasteiger partial charge on any atom is 0.0715 e. The van der Waals surface area contributed by atoms with Crippen molar-refractivity contribution >= 4 is 46.3 Å². The molecule has 3 aliphatic carbocycles. The monoisotopic (exact) mass is 1300 g/mol. The Hall–Kier alpha value is -11.8. The molecule has 0 fully saturated rings. The van der Waals surface area contributed by atoms with E-state index in [9.17, 15) is 0 Å². The predicted molar refractivity (Wildman–Crippen MR) is 425 cm³/mol. The van der Waals surface area contributed by atoms with Gasteiger partial charge in [0.05, 0.1) is 16.2 Å². The molecule has 0 saturated heterocycles. The molecular weight excluding hydrogens is 1220 g/mol. The van der Waals surface area contributed by atoms with Crippen molar-refractivity contribution in [1.29, 1.82) is 0 Å². The first kappa shape index (κ1) is 62.7. The molecule has 0 amide bonds. The third kappa shape index (κ3) is 9.82. The van der Waals surface area contributed by atoms with Crippen LogP contribution in [-0.2, 0) is 27.1 Å². The van der Waals surface area contributed by atoms with Crippen LogP contribution in [0.4, 0.5) is 34.1 Å². The van der Waals surface area contributed by atoms with E-state index in [0.29, 0.717) is 0 Å². The fourth-order valence-electron chi connectivity index (χ4n) is 17.4. The van der Waals surface area contributed by atoms with Gasteiger partial charge in [-0.2, -0.15) is 0 Å². The number of benzene rings is 14. The van der Waals surface area contributed by atoms with Crippen molar-refractivity contribution in [2.45, 2.75) is 68.6 Å². The smallest absolute Gasteiger partial charge is 0.0715 e. The van der Waals surface area contributed by atoms with Gasteiger partial charge in [0.25, 0.3) is 0 Å². The van der Waals surface area contributed by atoms with Crippen molar-refractivity contribution in [2.75, 3.05) is 9.80 Å². The van der Waals surface area contributed by atoms with E-state index >= 15 is 0 Å². The number of hydrogen-bond acceptors (Lipinski definition) is 2. The Morgan fingerprint density at radius 2 is 0.465 bits per heavy atom. The second kappa shape index (κ2) is 24.3. The Morgan fingerprint density at radius 1 is 0.228 bits per heavy atom. The molecule has 0 aromatic heterocycles. The van der Waals surface area contributed by atoms with Gasteiger partial charge in [-0.1, -0.05) is 334 Å². The normalized spacial score (nSPS) is 15.9. The lowest BCUT2D eigenvalue weighted by molar-refractivity contribution is 0.588. The lowest BCUT2D eigenvalue weighted by Gasteiger charge is -2.37. The molecule has 0 saturated carbocycles. The van der Waals surface area contributed by atoms with Gasteiger partial charge in [-0.05, 0) is 206 Å². The molecule has 2 nitrogen and oxygen atoms in total. The van der Waals surface area contributed by atoms with Crippen LogP contribution in [-0.4, -0.2) is 0 Å². The number of anilines is 6. The maximum atomic E-state index is 4.16. The van der Waals surface area contributed by atoms with Crippen molar-refractivity contribution in [3.05, 3.63) is 442 Å². The van der Waals surface area contributed by atoms with Crippen LogP contribution < -0.4 is 9.80 Å². The summed E-state index contributed by atoms with van der Waals surface area (Å²) in [4.78, 5) is 4.99. The summed E-state index contributed by atoms with van der Waals surface area (Å²) in [5.41, 5.74) is 31.0. The highest BCUT2D eigenvalue weighted by molar-refractivity contribution is 5.95. The van der Waals surface area contributed by atoms with Crippen molar-refractivity contribution in [3.63, 3.8) is 0 Å². The van der Waals surface area contributed by atoms with E-state index in [1.807, 2.05) is 12.2 Å². The highest BCUT2D eigenvalue weighted by Gasteiger charge is 2.50. The Labute approximate surface area is 596 Å². The van der Waals surface area contributed by atoms with Gasteiger partial charge in [-0.3, -0.25) is 0 Å².